The van der Waals surface area contributed by atoms with Gasteiger partial charge >= 0.3 is 17.9 Å². The van der Waals surface area contributed by atoms with Gasteiger partial charge in [0.15, 0.2) is 6.10 Å². The minimum absolute atomic E-state index is 0.0182. The summed E-state index contributed by atoms with van der Waals surface area (Å²) in [5.41, 5.74) is -5.34. The summed E-state index contributed by atoms with van der Waals surface area (Å²) < 4.78 is 21.3. The number of rotatable bonds is 1. The summed E-state index contributed by atoms with van der Waals surface area (Å²) in [6.45, 7) is 5.40. The molecule has 8 heteroatoms. The van der Waals surface area contributed by atoms with Crippen molar-refractivity contribution in [2.24, 2.45) is 16.2 Å². The quantitative estimate of drug-likeness (QED) is 0.660. The van der Waals surface area contributed by atoms with Crippen LogP contribution >= 0.6 is 0 Å². The first-order chi connectivity index (χ1) is 11.1. The van der Waals surface area contributed by atoms with Crippen molar-refractivity contribution in [1.29, 1.82) is 0 Å². The number of methoxy groups -OCH3 is 1. The monoisotopic (exact) mass is 340 g/mol. The Balaban J connectivity index is 2.06. The molecule has 4 fully saturated rings. The Hall–Kier alpha value is -1.67. The highest BCUT2D eigenvalue weighted by molar-refractivity contribution is 5.95. The summed E-state index contributed by atoms with van der Waals surface area (Å²) in [4.78, 5) is 37.1. The first-order valence-electron chi connectivity index (χ1n) is 7.92. The van der Waals surface area contributed by atoms with E-state index in [-0.39, 0.29) is 12.8 Å². The van der Waals surface area contributed by atoms with Gasteiger partial charge in [-0.1, -0.05) is 20.8 Å². The summed E-state index contributed by atoms with van der Waals surface area (Å²) >= 11 is 0. The average molecular weight is 340 g/mol. The largest absolute Gasteiger partial charge is 0.461 e. The molecule has 0 aromatic rings. The molecule has 0 bridgehead atoms. The normalized spacial score (nSPS) is 49.4. The van der Waals surface area contributed by atoms with Crippen LogP contribution in [0.25, 0.3) is 0 Å². The number of ether oxygens (including phenoxy) is 4. The highest BCUT2D eigenvalue weighted by Crippen LogP contribution is 2.75. The lowest BCUT2D eigenvalue weighted by Gasteiger charge is -2.50. The first kappa shape index (κ1) is 15.8. The van der Waals surface area contributed by atoms with Gasteiger partial charge in [0.05, 0.1) is 12.0 Å². The Morgan fingerprint density at radius 2 is 1.83 bits per heavy atom. The number of hydrogen-bond donors (Lipinski definition) is 1. The van der Waals surface area contributed by atoms with Gasteiger partial charge in [-0.05, 0) is 5.41 Å². The Labute approximate surface area is 138 Å². The van der Waals surface area contributed by atoms with Crippen LogP contribution in [0.1, 0.15) is 33.6 Å². The van der Waals surface area contributed by atoms with Gasteiger partial charge in [0.1, 0.15) is 16.9 Å². The van der Waals surface area contributed by atoms with Crippen LogP contribution in [0.3, 0.4) is 0 Å². The average Bonchev–Trinajstić information content (AvgIpc) is 3.05. The molecule has 0 aromatic carbocycles. The van der Waals surface area contributed by atoms with Crippen LogP contribution in [-0.2, 0) is 33.3 Å². The van der Waals surface area contributed by atoms with Crippen LogP contribution in [0, 0.1) is 16.2 Å². The number of esters is 3. The highest BCUT2D eigenvalue weighted by atomic mass is 16.7. The zero-order valence-electron chi connectivity index (χ0n) is 14.0. The van der Waals surface area contributed by atoms with E-state index in [1.54, 1.807) is 20.8 Å². The summed E-state index contributed by atoms with van der Waals surface area (Å²) in [7, 11) is 1.31. The molecule has 3 heterocycles. The van der Waals surface area contributed by atoms with Crippen molar-refractivity contribution in [2.75, 3.05) is 7.11 Å². The van der Waals surface area contributed by atoms with Crippen molar-refractivity contribution in [2.45, 2.75) is 57.7 Å². The molecule has 4 unspecified atom stereocenters. The second kappa shape index (κ2) is 4.11. The maximum atomic E-state index is 12.8. The van der Waals surface area contributed by atoms with Gasteiger partial charge in [-0.25, -0.2) is 4.79 Å². The smallest absolute Gasteiger partial charge is 0.339 e. The van der Waals surface area contributed by atoms with Crippen LogP contribution in [0.2, 0.25) is 0 Å². The second-order valence-electron chi connectivity index (χ2n) is 8.10. The topological polar surface area (TPSA) is 108 Å². The summed E-state index contributed by atoms with van der Waals surface area (Å²) in [6.07, 6.45) is -3.64. The van der Waals surface area contributed by atoms with E-state index >= 15 is 0 Å². The predicted octanol–water partition coefficient (Wildman–Crippen LogP) is -0.0897. The highest BCUT2D eigenvalue weighted by Gasteiger charge is 2.93. The number of hydrogen-bond acceptors (Lipinski definition) is 8. The summed E-state index contributed by atoms with van der Waals surface area (Å²) in [5, 5.41) is 11.7. The van der Waals surface area contributed by atoms with E-state index < -0.39 is 58.3 Å². The molecular weight excluding hydrogens is 320 g/mol. The fourth-order valence-corrected chi connectivity index (χ4v) is 5.40. The first-order valence-corrected chi connectivity index (χ1v) is 7.92. The Morgan fingerprint density at radius 1 is 1.17 bits per heavy atom. The fourth-order valence-electron chi connectivity index (χ4n) is 5.40. The molecule has 3 aliphatic heterocycles. The van der Waals surface area contributed by atoms with Gasteiger partial charge in [-0.15, -0.1) is 0 Å². The zero-order chi connectivity index (χ0) is 17.7. The lowest BCUT2D eigenvalue weighted by atomic mass is 9.52. The molecular formula is C16H20O8. The molecule has 8 nitrogen and oxygen atoms in total. The van der Waals surface area contributed by atoms with Crippen LogP contribution in [0.4, 0.5) is 0 Å². The molecule has 0 aromatic heterocycles. The van der Waals surface area contributed by atoms with Crippen molar-refractivity contribution in [3.8, 4) is 0 Å². The van der Waals surface area contributed by atoms with Crippen LogP contribution < -0.4 is 0 Å². The lowest BCUT2D eigenvalue weighted by molar-refractivity contribution is -0.227. The number of aliphatic hydroxyl groups is 1. The molecule has 1 N–H and O–H groups in total. The number of carbonyl (C=O) groups is 3. The molecule has 4 rings (SSSR count). The molecule has 2 spiro atoms. The Kier molecular flexibility index (Phi) is 2.71. The lowest BCUT2D eigenvalue weighted by Crippen LogP contribution is -2.65. The van der Waals surface area contributed by atoms with Crippen LogP contribution in [0.15, 0.2) is 0 Å². The maximum absolute atomic E-state index is 12.8. The molecule has 0 amide bonds. The van der Waals surface area contributed by atoms with Gasteiger partial charge in [0, 0.05) is 13.5 Å². The van der Waals surface area contributed by atoms with Gasteiger partial charge in [-0.2, -0.15) is 0 Å². The third-order valence-electron chi connectivity index (χ3n) is 6.43. The molecule has 3 saturated heterocycles. The van der Waals surface area contributed by atoms with Crippen LogP contribution in [-0.4, -0.2) is 54.2 Å². The van der Waals surface area contributed by atoms with E-state index in [1.807, 2.05) is 0 Å². The summed E-state index contributed by atoms with van der Waals surface area (Å²) in [6, 6.07) is 0. The minimum Gasteiger partial charge on any atom is -0.461 e. The molecule has 24 heavy (non-hydrogen) atoms. The van der Waals surface area contributed by atoms with Crippen molar-refractivity contribution >= 4 is 17.9 Å². The van der Waals surface area contributed by atoms with Gasteiger partial charge < -0.3 is 24.1 Å². The van der Waals surface area contributed by atoms with Crippen molar-refractivity contribution in [3.63, 3.8) is 0 Å². The maximum Gasteiger partial charge on any atom is 0.339 e. The Morgan fingerprint density at radius 3 is 2.42 bits per heavy atom. The second-order valence-corrected chi connectivity index (χ2v) is 8.10. The van der Waals surface area contributed by atoms with Gasteiger partial charge in [0.25, 0.3) is 6.29 Å². The standard InChI is InChI=1S/C16H20O8/c1-13(2,3)15(20)5-7-14(6-8(17)22-7)11(19)24-12-16(14,15)9(21-4)10(18)23-12/h7,9,12,20H,5-6H2,1-4H3/t7?,9-,12?,14?,15-,16?/m1/s1. The summed E-state index contributed by atoms with van der Waals surface area (Å²) in [5.74, 6) is -1.95. The SMILES string of the molecule is CO[C@@H]1C(=O)OC2OC(=O)C34CC(=O)OC3C[C@@](O)(C(C)(C)C)C214. The fraction of sp³-hybridized carbons (Fsp3) is 0.812. The molecule has 0 radical (unpaired) electrons. The minimum atomic E-state index is -1.57. The van der Waals surface area contributed by atoms with Gasteiger partial charge in [0.2, 0.25) is 0 Å². The molecule has 1 saturated carbocycles. The Bertz CT molecular complexity index is 665. The zero-order valence-corrected chi connectivity index (χ0v) is 14.0. The molecule has 6 atom stereocenters. The molecule has 1 aliphatic carbocycles. The van der Waals surface area contributed by atoms with E-state index in [1.165, 1.54) is 7.11 Å². The molecule has 132 valence electrons. The van der Waals surface area contributed by atoms with E-state index in [4.69, 9.17) is 18.9 Å². The van der Waals surface area contributed by atoms with E-state index in [0.717, 1.165) is 0 Å². The third-order valence-corrected chi connectivity index (χ3v) is 6.43. The van der Waals surface area contributed by atoms with Gasteiger partial charge in [-0.3, -0.25) is 9.59 Å². The van der Waals surface area contributed by atoms with Crippen molar-refractivity contribution in [1.82, 2.24) is 0 Å². The van der Waals surface area contributed by atoms with Crippen molar-refractivity contribution in [3.05, 3.63) is 0 Å². The number of carbonyl (C=O) groups excluding carboxylic acids is 3. The molecule has 4 aliphatic rings. The van der Waals surface area contributed by atoms with E-state index in [2.05, 4.69) is 0 Å². The third kappa shape index (κ3) is 1.27. The van der Waals surface area contributed by atoms with E-state index in [0.29, 0.717) is 0 Å². The predicted molar refractivity (Wildman–Crippen MR) is 75.2 cm³/mol. The van der Waals surface area contributed by atoms with Crippen LogP contribution in [0.5, 0.6) is 0 Å². The van der Waals surface area contributed by atoms with E-state index in [9.17, 15) is 19.5 Å². The van der Waals surface area contributed by atoms with Crippen molar-refractivity contribution < 1.29 is 38.4 Å².